The second-order valence-electron chi connectivity index (χ2n) is 8.87. The number of nitrogens with one attached hydrogen (secondary N) is 1. The molecule has 32 heavy (non-hydrogen) atoms. The lowest BCUT2D eigenvalue weighted by Crippen LogP contribution is -2.54. The fourth-order valence-electron chi connectivity index (χ4n) is 5.14. The van der Waals surface area contributed by atoms with Crippen molar-refractivity contribution in [2.24, 2.45) is 7.05 Å². The van der Waals surface area contributed by atoms with E-state index >= 15 is 0 Å². The van der Waals surface area contributed by atoms with Crippen molar-refractivity contribution in [3.05, 3.63) is 65.5 Å². The van der Waals surface area contributed by atoms with Crippen molar-refractivity contribution in [2.45, 2.75) is 44.3 Å². The molecular formula is C25H28N4O3. The molecular weight excluding hydrogens is 404 g/mol. The summed E-state index contributed by atoms with van der Waals surface area (Å²) in [6, 6.07) is 15.4. The van der Waals surface area contributed by atoms with Crippen molar-refractivity contribution in [3.8, 4) is 0 Å². The van der Waals surface area contributed by atoms with Gasteiger partial charge in [-0.3, -0.25) is 9.59 Å². The number of ether oxygens (including phenoxy) is 1. The molecule has 0 radical (unpaired) electrons. The van der Waals surface area contributed by atoms with E-state index in [2.05, 4.69) is 5.32 Å². The molecule has 1 atom stereocenters. The number of para-hydroxylation sites is 2. The largest absolute Gasteiger partial charge is 0.381 e. The van der Waals surface area contributed by atoms with Crippen LogP contribution in [0.2, 0.25) is 0 Å². The molecule has 3 heterocycles. The summed E-state index contributed by atoms with van der Waals surface area (Å²) < 4.78 is 7.61. The highest BCUT2D eigenvalue weighted by Gasteiger charge is 2.46. The summed E-state index contributed by atoms with van der Waals surface area (Å²) in [6.07, 6.45) is 1.56. The normalized spacial score (nSPS) is 18.6. The number of carbonyl (C=O) groups is 2. The van der Waals surface area contributed by atoms with E-state index in [1.165, 1.54) is 0 Å². The van der Waals surface area contributed by atoms with Crippen LogP contribution in [0.5, 0.6) is 0 Å². The average molecular weight is 433 g/mol. The zero-order valence-corrected chi connectivity index (χ0v) is 18.5. The van der Waals surface area contributed by atoms with Crippen LogP contribution >= 0.6 is 0 Å². The third-order valence-corrected chi connectivity index (χ3v) is 6.89. The number of hydrogen-bond acceptors (Lipinski definition) is 4. The molecule has 2 amide bonds. The molecule has 1 fully saturated rings. The smallest absolute Gasteiger partial charge is 0.254 e. The van der Waals surface area contributed by atoms with E-state index in [4.69, 9.17) is 9.72 Å². The molecule has 0 saturated carbocycles. The van der Waals surface area contributed by atoms with Gasteiger partial charge in [-0.05, 0) is 43.5 Å². The Labute approximate surface area is 187 Å². The zero-order chi connectivity index (χ0) is 22.3. The van der Waals surface area contributed by atoms with Crippen molar-refractivity contribution < 1.29 is 14.3 Å². The third kappa shape index (κ3) is 3.46. The number of rotatable bonds is 5. The van der Waals surface area contributed by atoms with Crippen molar-refractivity contribution in [2.75, 3.05) is 13.2 Å². The van der Waals surface area contributed by atoms with E-state index in [1.54, 1.807) is 0 Å². The molecule has 0 aliphatic carbocycles. The Morgan fingerprint density at radius 2 is 1.88 bits per heavy atom. The summed E-state index contributed by atoms with van der Waals surface area (Å²) in [5.74, 6) is 0.749. The average Bonchev–Trinajstić information content (AvgIpc) is 3.32. The van der Waals surface area contributed by atoms with Gasteiger partial charge in [0, 0.05) is 32.4 Å². The van der Waals surface area contributed by atoms with E-state index in [1.807, 2.05) is 72.0 Å². The molecule has 0 unspecified atom stereocenters. The van der Waals surface area contributed by atoms with Crippen LogP contribution in [0, 0.1) is 0 Å². The van der Waals surface area contributed by atoms with Crippen LogP contribution in [-0.2, 0) is 23.1 Å². The molecule has 1 N–H and O–H groups in total. The molecule has 2 aromatic carbocycles. The van der Waals surface area contributed by atoms with Gasteiger partial charge in [0.15, 0.2) is 0 Å². The molecule has 1 aromatic heterocycles. The number of carbonyl (C=O) groups excluding carboxylic acids is 2. The first kappa shape index (κ1) is 20.7. The van der Waals surface area contributed by atoms with E-state index in [-0.39, 0.29) is 24.3 Å². The Hall–Kier alpha value is -3.19. The molecule has 2 aliphatic rings. The minimum Gasteiger partial charge on any atom is -0.381 e. The van der Waals surface area contributed by atoms with Gasteiger partial charge in [0.05, 0.1) is 29.0 Å². The van der Waals surface area contributed by atoms with Crippen LogP contribution in [0.25, 0.3) is 11.0 Å². The maximum Gasteiger partial charge on any atom is 0.254 e. The van der Waals surface area contributed by atoms with E-state index in [9.17, 15) is 9.59 Å². The highest BCUT2D eigenvalue weighted by Crippen LogP contribution is 2.38. The Kier molecular flexibility index (Phi) is 5.21. The zero-order valence-electron chi connectivity index (χ0n) is 18.5. The molecule has 0 bridgehead atoms. The number of imidazole rings is 1. The summed E-state index contributed by atoms with van der Waals surface area (Å²) in [6.45, 7) is 3.59. The summed E-state index contributed by atoms with van der Waals surface area (Å²) in [5, 5.41) is 3.13. The second kappa shape index (κ2) is 8.06. The first-order chi connectivity index (χ1) is 15.5. The molecule has 1 saturated heterocycles. The van der Waals surface area contributed by atoms with Gasteiger partial charge in [0.2, 0.25) is 5.91 Å². The number of amides is 2. The second-order valence-corrected chi connectivity index (χ2v) is 8.87. The fourth-order valence-corrected chi connectivity index (χ4v) is 5.14. The van der Waals surface area contributed by atoms with Gasteiger partial charge < -0.3 is 19.5 Å². The Morgan fingerprint density at radius 3 is 2.62 bits per heavy atom. The molecule has 7 heteroatoms. The number of hydrogen-bond donors (Lipinski definition) is 1. The van der Waals surface area contributed by atoms with Crippen LogP contribution in [0.1, 0.15) is 54.0 Å². The highest BCUT2D eigenvalue weighted by molar-refractivity contribution is 5.99. The monoisotopic (exact) mass is 432 g/mol. The van der Waals surface area contributed by atoms with Crippen molar-refractivity contribution in [1.82, 2.24) is 19.8 Å². The Balaban J connectivity index is 1.36. The molecule has 2 aliphatic heterocycles. The summed E-state index contributed by atoms with van der Waals surface area (Å²) >= 11 is 0. The van der Waals surface area contributed by atoms with E-state index in [0.717, 1.165) is 28.0 Å². The maximum atomic E-state index is 13.2. The summed E-state index contributed by atoms with van der Waals surface area (Å²) in [5.41, 5.74) is 3.17. The molecule has 3 aromatic rings. The summed E-state index contributed by atoms with van der Waals surface area (Å²) in [4.78, 5) is 33.1. The Morgan fingerprint density at radius 1 is 1.16 bits per heavy atom. The number of benzene rings is 2. The van der Waals surface area contributed by atoms with Gasteiger partial charge in [-0.2, -0.15) is 0 Å². The first-order valence-electron chi connectivity index (χ1n) is 11.2. The summed E-state index contributed by atoms with van der Waals surface area (Å²) in [7, 11) is 1.97. The van der Waals surface area contributed by atoms with Crippen LogP contribution < -0.4 is 5.32 Å². The van der Waals surface area contributed by atoms with Crippen LogP contribution in [0.4, 0.5) is 0 Å². The van der Waals surface area contributed by atoms with Crippen LogP contribution in [0.15, 0.2) is 48.5 Å². The lowest BCUT2D eigenvalue weighted by Gasteiger charge is -2.44. The van der Waals surface area contributed by atoms with E-state index < -0.39 is 5.54 Å². The molecule has 166 valence electrons. The maximum absolute atomic E-state index is 13.2. The molecule has 5 rings (SSSR count). The predicted molar refractivity (Wildman–Crippen MR) is 121 cm³/mol. The van der Waals surface area contributed by atoms with Crippen LogP contribution in [-0.4, -0.2) is 45.0 Å². The lowest BCUT2D eigenvalue weighted by atomic mass is 9.84. The number of aromatic nitrogens is 2. The van der Waals surface area contributed by atoms with Gasteiger partial charge in [0.25, 0.3) is 5.91 Å². The number of nitrogens with zero attached hydrogens (tertiary/aromatic N) is 3. The van der Waals surface area contributed by atoms with Crippen molar-refractivity contribution in [1.29, 1.82) is 0 Å². The van der Waals surface area contributed by atoms with Crippen LogP contribution in [0.3, 0.4) is 0 Å². The molecule has 7 nitrogen and oxygen atoms in total. The van der Waals surface area contributed by atoms with Crippen molar-refractivity contribution >= 4 is 22.8 Å². The quantitative estimate of drug-likeness (QED) is 0.671. The topological polar surface area (TPSA) is 76.5 Å². The van der Waals surface area contributed by atoms with Gasteiger partial charge in [-0.1, -0.05) is 30.3 Å². The minimum atomic E-state index is -0.537. The molecule has 0 spiro atoms. The first-order valence-corrected chi connectivity index (χ1v) is 11.2. The van der Waals surface area contributed by atoms with Gasteiger partial charge in [-0.25, -0.2) is 4.98 Å². The highest BCUT2D eigenvalue weighted by atomic mass is 16.5. The van der Waals surface area contributed by atoms with Gasteiger partial charge in [0.1, 0.15) is 5.82 Å². The SMILES string of the molecule is C[C@H](NC(=O)CC1(N2Cc3ccccc3C2=O)CCOCC1)c1nc2ccccc2n1C. The Bertz CT molecular complexity index is 1180. The minimum absolute atomic E-state index is 0.0127. The van der Waals surface area contributed by atoms with Gasteiger partial charge in [-0.15, -0.1) is 0 Å². The fraction of sp³-hybridized carbons (Fsp3) is 0.400. The van der Waals surface area contributed by atoms with Crippen molar-refractivity contribution in [3.63, 3.8) is 0 Å². The number of aryl methyl sites for hydroxylation is 1. The van der Waals surface area contributed by atoms with E-state index in [0.29, 0.717) is 32.6 Å². The predicted octanol–water partition coefficient (Wildman–Crippen LogP) is 3.35. The standard InChI is InChI=1S/C25H28N4O3/c1-17(23-27-20-9-5-6-10-21(20)28(23)2)26-22(30)15-25(11-13-32-14-12-25)29-16-18-7-3-4-8-19(18)24(29)31/h3-10,17H,11-16H2,1-2H3,(H,26,30)/t17-/m0/s1. The lowest BCUT2D eigenvalue weighted by molar-refractivity contribution is -0.126. The van der Waals surface area contributed by atoms with Gasteiger partial charge >= 0.3 is 0 Å². The third-order valence-electron chi connectivity index (χ3n) is 6.89. The number of fused-ring (bicyclic) bond motifs is 2.